The topological polar surface area (TPSA) is 53.5 Å². The third-order valence-electron chi connectivity index (χ3n) is 2.23. The predicted molar refractivity (Wildman–Crippen MR) is 72.3 cm³/mol. The molecule has 0 aliphatic rings. The van der Waals surface area contributed by atoms with Crippen LogP contribution in [0.2, 0.25) is 0 Å². The molecule has 1 aromatic rings. The maximum absolute atomic E-state index is 9.13. The molecule has 1 aromatic carbocycles. The molecule has 0 heterocycles. The van der Waals surface area contributed by atoms with Crippen molar-refractivity contribution in [1.82, 2.24) is 10.6 Å². The minimum absolute atomic E-state index is 0.290. The number of nitrogens with one attached hydrogen (secondary N) is 2. The van der Waals surface area contributed by atoms with Gasteiger partial charge in [-0.2, -0.15) is 0 Å². The van der Waals surface area contributed by atoms with E-state index in [1.54, 1.807) is 19.2 Å². The van der Waals surface area contributed by atoms with Gasteiger partial charge in [0.15, 0.2) is 5.11 Å². The molecule has 0 fully saturated rings. The smallest absolute Gasteiger partial charge is 0.166 e. The minimum Gasteiger partial charge on any atom is -0.508 e. The largest absolute Gasteiger partial charge is 0.508 e. The first-order chi connectivity index (χ1) is 8.22. The van der Waals surface area contributed by atoms with E-state index in [9.17, 15) is 0 Å². The molecule has 5 heteroatoms. The van der Waals surface area contributed by atoms with Crippen LogP contribution in [0, 0.1) is 0 Å². The Hall–Kier alpha value is -1.33. The lowest BCUT2D eigenvalue weighted by atomic mass is 10.1. The zero-order valence-electron chi connectivity index (χ0n) is 9.90. The van der Waals surface area contributed by atoms with E-state index in [1.165, 1.54) is 0 Å². The van der Waals surface area contributed by atoms with Crippen LogP contribution in [-0.2, 0) is 11.2 Å². The van der Waals surface area contributed by atoms with Crippen LogP contribution in [0.3, 0.4) is 0 Å². The van der Waals surface area contributed by atoms with Crippen molar-refractivity contribution in [3.05, 3.63) is 29.8 Å². The molecule has 0 spiro atoms. The number of aromatic hydroxyl groups is 1. The molecular weight excluding hydrogens is 236 g/mol. The van der Waals surface area contributed by atoms with Gasteiger partial charge in [0.25, 0.3) is 0 Å². The third kappa shape index (κ3) is 6.09. The molecular formula is C12H18N2O2S. The number of ether oxygens (including phenoxy) is 1. The molecule has 4 nitrogen and oxygen atoms in total. The quantitative estimate of drug-likeness (QED) is 0.523. The molecule has 0 aromatic heterocycles. The molecule has 0 aliphatic heterocycles. The van der Waals surface area contributed by atoms with Crippen LogP contribution in [0.5, 0.6) is 5.75 Å². The number of phenols is 1. The van der Waals surface area contributed by atoms with Gasteiger partial charge >= 0.3 is 0 Å². The van der Waals surface area contributed by atoms with Crippen molar-refractivity contribution in [2.24, 2.45) is 0 Å². The van der Waals surface area contributed by atoms with Gasteiger partial charge < -0.3 is 20.5 Å². The summed E-state index contributed by atoms with van der Waals surface area (Å²) in [4.78, 5) is 0. The monoisotopic (exact) mass is 254 g/mol. The van der Waals surface area contributed by atoms with Gasteiger partial charge in [-0.3, -0.25) is 0 Å². The van der Waals surface area contributed by atoms with Crippen molar-refractivity contribution in [1.29, 1.82) is 0 Å². The van der Waals surface area contributed by atoms with Crippen molar-refractivity contribution in [3.63, 3.8) is 0 Å². The summed E-state index contributed by atoms with van der Waals surface area (Å²) in [5.74, 6) is 0.290. The molecule has 0 aliphatic carbocycles. The molecule has 0 amide bonds. The number of thiocarbonyl (C=S) groups is 1. The SMILES string of the molecule is COCCNC(=S)NCCc1ccc(O)cc1. The maximum atomic E-state index is 9.13. The van der Waals surface area contributed by atoms with Crippen LogP contribution in [0.25, 0.3) is 0 Å². The van der Waals surface area contributed by atoms with E-state index in [0.717, 1.165) is 18.5 Å². The fourth-order valence-electron chi connectivity index (χ4n) is 1.31. The number of rotatable bonds is 6. The zero-order valence-corrected chi connectivity index (χ0v) is 10.7. The Morgan fingerprint density at radius 2 is 1.88 bits per heavy atom. The van der Waals surface area contributed by atoms with E-state index in [4.69, 9.17) is 22.1 Å². The highest BCUT2D eigenvalue weighted by Crippen LogP contribution is 2.09. The predicted octanol–water partition coefficient (Wildman–Crippen LogP) is 1.05. The number of hydrogen-bond donors (Lipinski definition) is 3. The van der Waals surface area contributed by atoms with Crippen molar-refractivity contribution in [3.8, 4) is 5.75 Å². The van der Waals surface area contributed by atoms with Crippen molar-refractivity contribution in [2.45, 2.75) is 6.42 Å². The summed E-state index contributed by atoms with van der Waals surface area (Å²) in [6.45, 7) is 2.12. The Morgan fingerprint density at radius 1 is 1.24 bits per heavy atom. The van der Waals surface area contributed by atoms with Gasteiger partial charge in [0, 0.05) is 20.2 Å². The van der Waals surface area contributed by atoms with E-state index in [2.05, 4.69) is 10.6 Å². The van der Waals surface area contributed by atoms with Crippen LogP contribution < -0.4 is 10.6 Å². The van der Waals surface area contributed by atoms with Crippen LogP contribution in [-0.4, -0.2) is 37.0 Å². The highest BCUT2D eigenvalue weighted by atomic mass is 32.1. The molecule has 0 saturated carbocycles. The first-order valence-corrected chi connectivity index (χ1v) is 5.91. The standard InChI is InChI=1S/C12H18N2O2S/c1-16-9-8-14-12(17)13-7-6-10-2-4-11(15)5-3-10/h2-5,15H,6-9H2,1H3,(H2,13,14,17). The Kier molecular flexibility index (Phi) is 6.35. The number of methoxy groups -OCH3 is 1. The molecule has 0 atom stereocenters. The Labute approximate surface area is 107 Å². The van der Waals surface area contributed by atoms with Crippen molar-refractivity contribution >= 4 is 17.3 Å². The van der Waals surface area contributed by atoms with E-state index in [-0.39, 0.29) is 0 Å². The van der Waals surface area contributed by atoms with Crippen molar-refractivity contribution in [2.75, 3.05) is 26.8 Å². The Bertz CT molecular complexity index is 341. The van der Waals surface area contributed by atoms with Gasteiger partial charge in [-0.05, 0) is 36.3 Å². The van der Waals surface area contributed by atoms with Gasteiger partial charge in [0.05, 0.1) is 6.61 Å². The van der Waals surface area contributed by atoms with E-state index in [0.29, 0.717) is 24.0 Å². The highest BCUT2D eigenvalue weighted by molar-refractivity contribution is 7.80. The summed E-state index contributed by atoms with van der Waals surface area (Å²) in [6, 6.07) is 7.17. The summed E-state index contributed by atoms with van der Waals surface area (Å²) >= 11 is 5.09. The van der Waals surface area contributed by atoms with E-state index >= 15 is 0 Å². The molecule has 0 unspecified atom stereocenters. The first-order valence-electron chi connectivity index (χ1n) is 5.51. The summed E-state index contributed by atoms with van der Waals surface area (Å²) in [5.41, 5.74) is 1.16. The molecule has 94 valence electrons. The lowest BCUT2D eigenvalue weighted by Gasteiger charge is -2.09. The molecule has 3 N–H and O–H groups in total. The Morgan fingerprint density at radius 3 is 2.53 bits per heavy atom. The van der Waals surface area contributed by atoms with Gasteiger partial charge in [-0.1, -0.05) is 12.1 Å². The van der Waals surface area contributed by atoms with Crippen LogP contribution in [0.4, 0.5) is 0 Å². The first kappa shape index (κ1) is 13.7. The molecule has 0 radical (unpaired) electrons. The third-order valence-corrected chi connectivity index (χ3v) is 2.52. The molecule has 0 bridgehead atoms. The van der Waals surface area contributed by atoms with Gasteiger partial charge in [-0.25, -0.2) is 0 Å². The minimum atomic E-state index is 0.290. The van der Waals surface area contributed by atoms with E-state index in [1.807, 2.05) is 12.1 Å². The van der Waals surface area contributed by atoms with Gasteiger partial charge in [0.2, 0.25) is 0 Å². The summed E-state index contributed by atoms with van der Waals surface area (Å²) in [6.07, 6.45) is 0.867. The molecule has 0 saturated heterocycles. The lowest BCUT2D eigenvalue weighted by molar-refractivity contribution is 0.204. The van der Waals surface area contributed by atoms with E-state index < -0.39 is 0 Å². The zero-order chi connectivity index (χ0) is 12.5. The maximum Gasteiger partial charge on any atom is 0.166 e. The number of hydrogen-bond acceptors (Lipinski definition) is 3. The summed E-state index contributed by atoms with van der Waals surface area (Å²) in [7, 11) is 1.66. The number of benzene rings is 1. The van der Waals surface area contributed by atoms with Gasteiger partial charge in [-0.15, -0.1) is 0 Å². The number of phenolic OH excluding ortho intramolecular Hbond substituents is 1. The van der Waals surface area contributed by atoms with Crippen LogP contribution in [0.1, 0.15) is 5.56 Å². The second-order valence-corrected chi connectivity index (χ2v) is 4.00. The normalized spacial score (nSPS) is 9.94. The lowest BCUT2D eigenvalue weighted by Crippen LogP contribution is -2.37. The molecule has 17 heavy (non-hydrogen) atoms. The van der Waals surface area contributed by atoms with Gasteiger partial charge in [0.1, 0.15) is 5.75 Å². The average Bonchev–Trinajstić information content (AvgIpc) is 2.32. The molecule has 1 rings (SSSR count). The van der Waals surface area contributed by atoms with Crippen LogP contribution in [0.15, 0.2) is 24.3 Å². The Balaban J connectivity index is 2.14. The average molecular weight is 254 g/mol. The highest BCUT2D eigenvalue weighted by Gasteiger charge is 1.96. The second kappa shape index (κ2) is 7.86. The fourth-order valence-corrected chi connectivity index (χ4v) is 1.52. The fraction of sp³-hybridized carbons (Fsp3) is 0.417. The van der Waals surface area contributed by atoms with Crippen molar-refractivity contribution < 1.29 is 9.84 Å². The van der Waals surface area contributed by atoms with Crippen LogP contribution >= 0.6 is 12.2 Å². The summed E-state index contributed by atoms with van der Waals surface area (Å²) in [5, 5.41) is 15.9. The summed E-state index contributed by atoms with van der Waals surface area (Å²) < 4.78 is 4.90. The second-order valence-electron chi connectivity index (χ2n) is 3.59.